The zero-order valence-electron chi connectivity index (χ0n) is 22.4. The average Bonchev–Trinajstić information content (AvgIpc) is 3.61. The first-order valence-electron chi connectivity index (χ1n) is 13.1. The van der Waals surface area contributed by atoms with Gasteiger partial charge in [0.25, 0.3) is 0 Å². The summed E-state index contributed by atoms with van der Waals surface area (Å²) in [5.74, 6) is -0.920. The molecule has 3 heterocycles. The molecule has 1 N–H and O–H groups in total. The first kappa shape index (κ1) is 27.2. The summed E-state index contributed by atoms with van der Waals surface area (Å²) in [6.45, 7) is 2.21. The lowest BCUT2D eigenvalue weighted by atomic mass is 10.1. The number of nitrogens with zero attached hydrogens (tertiary/aromatic N) is 4. The lowest BCUT2D eigenvalue weighted by Crippen LogP contribution is -2.07. The van der Waals surface area contributed by atoms with E-state index in [0.29, 0.717) is 51.7 Å². The molecule has 0 atom stereocenters. The second kappa shape index (κ2) is 11.5. The molecule has 210 valence electrons. The number of aryl methyl sites for hydroxylation is 1. The van der Waals surface area contributed by atoms with E-state index in [0.717, 1.165) is 11.3 Å². The Labute approximate surface area is 243 Å². The molecule has 0 saturated heterocycles. The Bertz CT molecular complexity index is 1920. The van der Waals surface area contributed by atoms with Crippen LogP contribution < -0.4 is 4.74 Å². The molecule has 0 aliphatic carbocycles. The minimum Gasteiger partial charge on any atom is -0.478 e. The predicted octanol–water partition coefficient (Wildman–Crippen LogP) is 7.06. The van der Waals surface area contributed by atoms with E-state index in [4.69, 9.17) is 9.72 Å². The number of benzene rings is 3. The van der Waals surface area contributed by atoms with Crippen LogP contribution in [0.1, 0.15) is 38.6 Å². The maximum atomic E-state index is 15.5. The van der Waals surface area contributed by atoms with Gasteiger partial charge in [0.05, 0.1) is 40.0 Å². The second-order valence-electron chi connectivity index (χ2n) is 9.83. The van der Waals surface area contributed by atoms with Crippen molar-refractivity contribution in [1.29, 1.82) is 0 Å². The Morgan fingerprint density at radius 1 is 0.976 bits per heavy atom. The largest absolute Gasteiger partial charge is 0.478 e. The molecule has 42 heavy (non-hydrogen) atoms. The summed E-state index contributed by atoms with van der Waals surface area (Å²) < 4.78 is 37.3. The number of ether oxygens (including phenoxy) is 1. The summed E-state index contributed by atoms with van der Waals surface area (Å²) in [6.07, 6.45) is 0.187. The van der Waals surface area contributed by atoms with Crippen LogP contribution in [-0.4, -0.2) is 30.6 Å². The molecular weight excluding hydrogens is 558 g/mol. The molecule has 3 aromatic carbocycles. The lowest BCUT2D eigenvalue weighted by Gasteiger charge is -2.11. The van der Waals surface area contributed by atoms with Crippen molar-refractivity contribution in [3.05, 3.63) is 129 Å². The molecule has 0 bridgehead atoms. The van der Waals surface area contributed by atoms with E-state index < -0.39 is 11.8 Å². The molecule has 0 saturated carbocycles. The molecule has 0 spiro atoms. The van der Waals surface area contributed by atoms with E-state index in [1.807, 2.05) is 22.9 Å². The van der Waals surface area contributed by atoms with Crippen molar-refractivity contribution in [2.75, 3.05) is 0 Å². The number of carboxylic acid groups (broad SMARTS) is 1. The highest BCUT2D eigenvalue weighted by Gasteiger charge is 2.17. The number of hydrogen-bond donors (Lipinski definition) is 1. The minimum absolute atomic E-state index is 0.0196. The topological polar surface area (TPSA) is 90.1 Å². The van der Waals surface area contributed by atoms with E-state index in [-0.39, 0.29) is 24.4 Å². The van der Waals surface area contributed by atoms with Gasteiger partial charge in [-0.3, -0.25) is 0 Å². The predicted molar refractivity (Wildman–Crippen MR) is 156 cm³/mol. The van der Waals surface area contributed by atoms with E-state index in [1.54, 1.807) is 54.0 Å². The van der Waals surface area contributed by atoms with Gasteiger partial charge < -0.3 is 14.4 Å². The van der Waals surface area contributed by atoms with Crippen molar-refractivity contribution >= 4 is 28.3 Å². The van der Waals surface area contributed by atoms with Crippen LogP contribution in [0.3, 0.4) is 0 Å². The zero-order valence-corrected chi connectivity index (χ0v) is 23.2. The van der Waals surface area contributed by atoms with Gasteiger partial charge in [0.2, 0.25) is 5.88 Å². The summed E-state index contributed by atoms with van der Waals surface area (Å²) in [4.78, 5) is 25.1. The van der Waals surface area contributed by atoms with E-state index in [9.17, 15) is 14.3 Å². The molecule has 3 aromatic heterocycles. The Kier molecular flexibility index (Phi) is 7.45. The van der Waals surface area contributed by atoms with Crippen molar-refractivity contribution in [1.82, 2.24) is 19.5 Å². The third-order valence-electron chi connectivity index (χ3n) is 6.88. The van der Waals surface area contributed by atoms with Crippen LogP contribution in [0, 0.1) is 18.6 Å². The van der Waals surface area contributed by atoms with Crippen molar-refractivity contribution in [2.45, 2.75) is 26.5 Å². The van der Waals surface area contributed by atoms with Gasteiger partial charge in [0, 0.05) is 29.0 Å². The minimum atomic E-state index is -1.04. The smallest absolute Gasteiger partial charge is 0.335 e. The van der Waals surface area contributed by atoms with Gasteiger partial charge in [-0.15, -0.1) is 11.3 Å². The maximum Gasteiger partial charge on any atom is 0.335 e. The number of pyridine rings is 1. The molecule has 0 amide bonds. The van der Waals surface area contributed by atoms with Crippen LogP contribution in [0.4, 0.5) is 8.78 Å². The van der Waals surface area contributed by atoms with E-state index >= 15 is 4.39 Å². The van der Waals surface area contributed by atoms with Crippen LogP contribution >= 0.6 is 11.3 Å². The Balaban J connectivity index is 1.26. The summed E-state index contributed by atoms with van der Waals surface area (Å²) in [5, 5.41) is 11.4. The Morgan fingerprint density at radius 3 is 2.57 bits per heavy atom. The number of aromatic nitrogens is 4. The summed E-state index contributed by atoms with van der Waals surface area (Å²) in [7, 11) is 0. The van der Waals surface area contributed by atoms with Crippen LogP contribution in [-0.2, 0) is 19.6 Å². The number of imidazole rings is 1. The molecule has 6 aromatic rings. The fraction of sp³-hybridized carbons (Fsp3) is 0.125. The van der Waals surface area contributed by atoms with E-state index in [1.165, 1.54) is 29.5 Å². The van der Waals surface area contributed by atoms with Gasteiger partial charge in [-0.1, -0.05) is 30.3 Å². The van der Waals surface area contributed by atoms with Crippen LogP contribution in [0.15, 0.2) is 83.7 Å². The summed E-state index contributed by atoms with van der Waals surface area (Å²) in [5.41, 5.74) is 6.68. The first-order chi connectivity index (χ1) is 20.3. The SMILES string of the molecule is Cc1ccc(COc2cccc(-c3ccc(Cc4nc5ccc(C(=O)O)cc5n4Cc4cscn4)c(F)c3)n2)c(F)c1. The third-order valence-corrected chi connectivity index (χ3v) is 7.52. The molecule has 0 radical (unpaired) electrons. The highest BCUT2D eigenvalue weighted by Crippen LogP contribution is 2.26. The average molecular weight is 583 g/mol. The molecule has 0 aliphatic rings. The molecule has 6 rings (SSSR count). The lowest BCUT2D eigenvalue weighted by molar-refractivity contribution is 0.0697. The highest BCUT2D eigenvalue weighted by molar-refractivity contribution is 7.07. The number of aromatic carboxylic acids is 1. The molecule has 10 heteroatoms. The quantitative estimate of drug-likeness (QED) is 0.196. The third kappa shape index (κ3) is 5.75. The normalized spacial score (nSPS) is 11.2. The number of rotatable bonds is 9. The van der Waals surface area contributed by atoms with Crippen LogP contribution in [0.5, 0.6) is 5.88 Å². The fourth-order valence-electron chi connectivity index (χ4n) is 4.69. The standard InChI is InChI=1S/C32H24F2N4O3S/c1-19-5-6-23(25(33)11-19)16-41-31-4-2-3-27(37-31)21-8-7-20(26(34)12-21)14-30-36-28-10-9-22(32(39)40)13-29(28)38(30)15-24-17-42-18-35-24/h2-13,17-18H,14-16H2,1H3,(H,39,40). The molecular formula is C32H24F2N4O3S. The number of carbonyl (C=O) groups is 1. The van der Waals surface area contributed by atoms with Gasteiger partial charge in [-0.25, -0.2) is 28.5 Å². The van der Waals surface area contributed by atoms with Crippen LogP contribution in [0.25, 0.3) is 22.3 Å². The van der Waals surface area contributed by atoms with Crippen molar-refractivity contribution in [3.8, 4) is 17.1 Å². The molecule has 7 nitrogen and oxygen atoms in total. The Morgan fingerprint density at radius 2 is 1.81 bits per heavy atom. The van der Waals surface area contributed by atoms with Crippen molar-refractivity contribution < 1.29 is 23.4 Å². The molecule has 0 aliphatic heterocycles. The summed E-state index contributed by atoms with van der Waals surface area (Å²) in [6, 6.07) is 19.7. The fourth-order valence-corrected chi connectivity index (χ4v) is 5.24. The Hall–Kier alpha value is -4.96. The monoisotopic (exact) mass is 582 g/mol. The van der Waals surface area contributed by atoms with Crippen molar-refractivity contribution in [3.63, 3.8) is 0 Å². The van der Waals surface area contributed by atoms with Crippen LogP contribution in [0.2, 0.25) is 0 Å². The number of fused-ring (bicyclic) bond motifs is 1. The first-order valence-corrected chi connectivity index (χ1v) is 14.0. The molecule has 0 fully saturated rings. The number of thiazole rings is 1. The van der Waals surface area contributed by atoms with Crippen molar-refractivity contribution in [2.24, 2.45) is 0 Å². The van der Waals surface area contributed by atoms with E-state index in [2.05, 4.69) is 9.97 Å². The summed E-state index contributed by atoms with van der Waals surface area (Å²) >= 11 is 1.46. The van der Waals surface area contributed by atoms with Gasteiger partial charge in [-0.2, -0.15) is 0 Å². The number of carboxylic acids is 1. The zero-order chi connectivity index (χ0) is 29.2. The highest BCUT2D eigenvalue weighted by atomic mass is 32.1. The van der Waals surface area contributed by atoms with Gasteiger partial charge in [0.15, 0.2) is 0 Å². The van der Waals surface area contributed by atoms with Gasteiger partial charge >= 0.3 is 5.97 Å². The maximum absolute atomic E-state index is 15.5. The number of hydrogen-bond acceptors (Lipinski definition) is 6. The molecule has 0 unspecified atom stereocenters. The number of halogens is 2. The second-order valence-corrected chi connectivity index (χ2v) is 10.5. The van der Waals surface area contributed by atoms with Gasteiger partial charge in [0.1, 0.15) is 24.1 Å². The van der Waals surface area contributed by atoms with Gasteiger partial charge in [-0.05, 0) is 54.4 Å².